The number of hydrogen-bond acceptors (Lipinski definition) is 3. The van der Waals surface area contributed by atoms with Gasteiger partial charge in [-0.1, -0.05) is 0 Å². The molecule has 1 aromatic rings. The van der Waals surface area contributed by atoms with E-state index in [1.54, 1.807) is 4.90 Å². The second-order valence-corrected chi connectivity index (χ2v) is 7.39. The maximum atomic E-state index is 13.0. The van der Waals surface area contributed by atoms with Crippen molar-refractivity contribution in [1.29, 1.82) is 0 Å². The normalized spacial score (nSPS) is 22.6. The van der Waals surface area contributed by atoms with Crippen LogP contribution in [0.15, 0.2) is 24.3 Å². The van der Waals surface area contributed by atoms with E-state index in [4.69, 9.17) is 0 Å². The summed E-state index contributed by atoms with van der Waals surface area (Å²) in [6.45, 7) is 3.93. The van der Waals surface area contributed by atoms with Gasteiger partial charge in [0.25, 0.3) is 5.91 Å². The molecule has 7 heteroatoms. The van der Waals surface area contributed by atoms with Gasteiger partial charge in [0.15, 0.2) is 0 Å². The first-order chi connectivity index (χ1) is 12.6. The fourth-order valence-electron chi connectivity index (χ4n) is 3.86. The number of halogens is 2. The third-order valence-corrected chi connectivity index (χ3v) is 5.42. The first-order valence-corrected chi connectivity index (χ1v) is 9.67. The van der Waals surface area contributed by atoms with E-state index >= 15 is 0 Å². The molecule has 27 heavy (non-hydrogen) atoms. The van der Waals surface area contributed by atoms with Crippen molar-refractivity contribution in [1.82, 2.24) is 15.5 Å². The summed E-state index contributed by atoms with van der Waals surface area (Å²) in [5, 5.41) is 6.45. The highest BCUT2D eigenvalue weighted by molar-refractivity contribution is 5.94. The average molecular weight is 398 g/mol. The largest absolute Gasteiger partial charge is 0.356 e. The van der Waals surface area contributed by atoms with Crippen molar-refractivity contribution in [3.05, 3.63) is 35.6 Å². The first-order valence-electron chi connectivity index (χ1n) is 9.67. The molecular weight excluding hydrogens is 369 g/mol. The molecule has 150 valence electrons. The second kappa shape index (κ2) is 10.6. The van der Waals surface area contributed by atoms with Crippen LogP contribution in [0, 0.1) is 17.7 Å². The summed E-state index contributed by atoms with van der Waals surface area (Å²) in [4.78, 5) is 26.8. The molecule has 0 spiro atoms. The molecule has 2 amide bonds. The fourth-order valence-corrected chi connectivity index (χ4v) is 3.86. The van der Waals surface area contributed by atoms with E-state index in [1.165, 1.54) is 37.1 Å². The highest BCUT2D eigenvalue weighted by Crippen LogP contribution is 2.19. The van der Waals surface area contributed by atoms with E-state index in [-0.39, 0.29) is 36.0 Å². The van der Waals surface area contributed by atoms with Gasteiger partial charge < -0.3 is 15.5 Å². The van der Waals surface area contributed by atoms with E-state index in [0.29, 0.717) is 31.1 Å². The molecule has 2 aliphatic rings. The molecule has 3 rings (SSSR count). The van der Waals surface area contributed by atoms with Crippen LogP contribution in [0.2, 0.25) is 0 Å². The van der Waals surface area contributed by atoms with E-state index in [9.17, 15) is 14.0 Å². The van der Waals surface area contributed by atoms with Crippen LogP contribution in [0.5, 0.6) is 0 Å². The molecule has 0 bridgehead atoms. The molecule has 0 saturated carbocycles. The lowest BCUT2D eigenvalue weighted by Crippen LogP contribution is -2.45. The van der Waals surface area contributed by atoms with Crippen molar-refractivity contribution < 1.29 is 14.0 Å². The van der Waals surface area contributed by atoms with Crippen LogP contribution in [0.1, 0.15) is 42.5 Å². The maximum Gasteiger partial charge on any atom is 0.253 e. The summed E-state index contributed by atoms with van der Waals surface area (Å²) in [7, 11) is 0. The summed E-state index contributed by atoms with van der Waals surface area (Å²) in [6.07, 6.45) is 5.07. The number of nitrogens with one attached hydrogen (secondary N) is 2. The van der Waals surface area contributed by atoms with Crippen molar-refractivity contribution in [2.45, 2.75) is 32.1 Å². The SMILES string of the molecule is Cl.O=C(NCCC1CCCNC1)C1CCCN(C(=O)c2ccc(F)cc2)C1. The van der Waals surface area contributed by atoms with Crippen molar-refractivity contribution in [3.63, 3.8) is 0 Å². The number of rotatable bonds is 5. The van der Waals surface area contributed by atoms with Crippen LogP contribution < -0.4 is 10.6 Å². The molecule has 5 nitrogen and oxygen atoms in total. The Balaban J connectivity index is 0.00000261. The molecule has 2 heterocycles. The minimum absolute atomic E-state index is 0. The number of amides is 2. The topological polar surface area (TPSA) is 61.4 Å². The number of likely N-dealkylation sites (tertiary alicyclic amines) is 1. The second-order valence-electron chi connectivity index (χ2n) is 7.39. The monoisotopic (exact) mass is 397 g/mol. The summed E-state index contributed by atoms with van der Waals surface area (Å²) >= 11 is 0. The lowest BCUT2D eigenvalue weighted by atomic mass is 9.95. The van der Waals surface area contributed by atoms with Gasteiger partial charge in [-0.25, -0.2) is 4.39 Å². The number of carbonyl (C=O) groups excluding carboxylic acids is 2. The molecule has 1 aromatic carbocycles. The van der Waals surface area contributed by atoms with Gasteiger partial charge in [0.05, 0.1) is 5.92 Å². The Morgan fingerprint density at radius 3 is 2.67 bits per heavy atom. The van der Waals surface area contributed by atoms with E-state index in [0.717, 1.165) is 32.4 Å². The lowest BCUT2D eigenvalue weighted by molar-refractivity contribution is -0.126. The molecule has 2 N–H and O–H groups in total. The number of nitrogens with zero attached hydrogens (tertiary/aromatic N) is 1. The lowest BCUT2D eigenvalue weighted by Gasteiger charge is -2.32. The Kier molecular flexibility index (Phi) is 8.51. The molecule has 2 aliphatic heterocycles. The molecule has 2 fully saturated rings. The quantitative estimate of drug-likeness (QED) is 0.802. The predicted molar refractivity (Wildman–Crippen MR) is 105 cm³/mol. The van der Waals surface area contributed by atoms with Crippen LogP contribution in [0.3, 0.4) is 0 Å². The van der Waals surface area contributed by atoms with E-state index < -0.39 is 0 Å². The summed E-state index contributed by atoms with van der Waals surface area (Å²) < 4.78 is 13.0. The number of carbonyl (C=O) groups is 2. The first kappa shape index (κ1) is 21.6. The van der Waals surface area contributed by atoms with Gasteiger partial charge in [0.1, 0.15) is 5.82 Å². The molecule has 2 saturated heterocycles. The van der Waals surface area contributed by atoms with Gasteiger partial charge in [-0.3, -0.25) is 9.59 Å². The molecular formula is C20H29ClFN3O2. The number of benzene rings is 1. The van der Waals surface area contributed by atoms with Crippen molar-refractivity contribution in [3.8, 4) is 0 Å². The zero-order valence-electron chi connectivity index (χ0n) is 15.6. The van der Waals surface area contributed by atoms with Gasteiger partial charge in [-0.2, -0.15) is 0 Å². The van der Waals surface area contributed by atoms with Gasteiger partial charge in [-0.05, 0) is 75.4 Å². The Hall–Kier alpha value is -1.66. The summed E-state index contributed by atoms with van der Waals surface area (Å²) in [6, 6.07) is 5.59. The fraction of sp³-hybridized carbons (Fsp3) is 0.600. The van der Waals surface area contributed by atoms with Gasteiger partial charge in [0.2, 0.25) is 5.91 Å². The highest BCUT2D eigenvalue weighted by Gasteiger charge is 2.29. The van der Waals surface area contributed by atoms with Gasteiger partial charge >= 0.3 is 0 Å². The Labute approximate surface area is 166 Å². The average Bonchev–Trinajstić information content (AvgIpc) is 2.69. The van der Waals surface area contributed by atoms with Crippen LogP contribution in [0.4, 0.5) is 4.39 Å². The third kappa shape index (κ3) is 6.18. The summed E-state index contributed by atoms with van der Waals surface area (Å²) in [5.74, 6) is 0.0522. The molecule has 0 radical (unpaired) electrons. The van der Waals surface area contributed by atoms with Crippen molar-refractivity contribution in [2.24, 2.45) is 11.8 Å². The van der Waals surface area contributed by atoms with E-state index in [2.05, 4.69) is 10.6 Å². The molecule has 2 unspecified atom stereocenters. The highest BCUT2D eigenvalue weighted by atomic mass is 35.5. The Bertz CT molecular complexity index is 620. The van der Waals surface area contributed by atoms with Crippen LogP contribution in [-0.2, 0) is 4.79 Å². The smallest absolute Gasteiger partial charge is 0.253 e. The summed E-state index contributed by atoms with van der Waals surface area (Å²) in [5.41, 5.74) is 0.470. The number of piperidine rings is 2. The maximum absolute atomic E-state index is 13.0. The van der Waals surface area contributed by atoms with Crippen LogP contribution in [0.25, 0.3) is 0 Å². The molecule has 0 aliphatic carbocycles. The van der Waals surface area contributed by atoms with Crippen LogP contribution >= 0.6 is 12.4 Å². The van der Waals surface area contributed by atoms with Crippen molar-refractivity contribution >= 4 is 24.2 Å². The zero-order valence-corrected chi connectivity index (χ0v) is 16.4. The third-order valence-electron chi connectivity index (χ3n) is 5.42. The minimum atomic E-state index is -0.356. The Morgan fingerprint density at radius 2 is 1.96 bits per heavy atom. The molecule has 0 aromatic heterocycles. The molecule has 2 atom stereocenters. The zero-order chi connectivity index (χ0) is 18.4. The predicted octanol–water partition coefficient (Wildman–Crippen LogP) is 2.61. The standard InChI is InChI=1S/C20H28FN3O2.ClH/c21-18-7-5-16(6-8-18)20(26)24-12-2-4-17(14-24)19(25)23-11-9-15-3-1-10-22-13-15;/h5-8,15,17,22H,1-4,9-14H2,(H,23,25);1H. The minimum Gasteiger partial charge on any atom is -0.356 e. The van der Waals surface area contributed by atoms with Gasteiger partial charge in [-0.15, -0.1) is 12.4 Å². The van der Waals surface area contributed by atoms with Crippen LogP contribution in [-0.4, -0.2) is 49.4 Å². The van der Waals surface area contributed by atoms with Crippen molar-refractivity contribution in [2.75, 3.05) is 32.7 Å². The number of hydrogen-bond donors (Lipinski definition) is 2. The van der Waals surface area contributed by atoms with E-state index in [1.807, 2.05) is 0 Å². The Morgan fingerprint density at radius 1 is 1.19 bits per heavy atom. The van der Waals surface area contributed by atoms with Gasteiger partial charge in [0, 0.05) is 25.2 Å².